The Morgan fingerprint density at radius 3 is 2.81 bits per heavy atom. The molecule has 1 aromatic rings. The smallest absolute Gasteiger partial charge is 0.338 e. The highest BCUT2D eigenvalue weighted by molar-refractivity contribution is 5.93. The zero-order chi connectivity index (χ0) is 18.5. The van der Waals surface area contributed by atoms with Crippen molar-refractivity contribution in [2.24, 2.45) is 0 Å². The van der Waals surface area contributed by atoms with Crippen LogP contribution in [0.15, 0.2) is 12.1 Å². The number of rotatable bonds is 5. The lowest BCUT2D eigenvalue weighted by Crippen LogP contribution is -2.45. The van der Waals surface area contributed by atoms with Crippen LogP contribution in [0.25, 0.3) is 0 Å². The molecule has 0 saturated carbocycles. The fraction of sp³-hybridized carbons (Fsp3) is 0.579. The van der Waals surface area contributed by atoms with Gasteiger partial charge in [0.1, 0.15) is 13.2 Å². The Labute approximate surface area is 153 Å². The monoisotopic (exact) mass is 363 g/mol. The van der Waals surface area contributed by atoms with Crippen LogP contribution in [0, 0.1) is 0 Å². The molecule has 26 heavy (non-hydrogen) atoms. The maximum Gasteiger partial charge on any atom is 0.338 e. The Bertz CT molecular complexity index is 657. The molecule has 3 rings (SSSR count). The number of benzene rings is 1. The summed E-state index contributed by atoms with van der Waals surface area (Å²) < 4.78 is 21.5. The molecule has 0 aliphatic carbocycles. The average Bonchev–Trinajstić information content (AvgIpc) is 2.70. The first kappa shape index (κ1) is 18.4. The minimum absolute atomic E-state index is 0.144. The van der Waals surface area contributed by atoms with E-state index in [2.05, 4.69) is 6.92 Å². The number of fused-ring (bicyclic) bond motifs is 1. The van der Waals surface area contributed by atoms with Gasteiger partial charge >= 0.3 is 5.97 Å². The summed E-state index contributed by atoms with van der Waals surface area (Å²) in [5.74, 6) is 0.595. The van der Waals surface area contributed by atoms with Crippen LogP contribution in [0.2, 0.25) is 0 Å². The van der Waals surface area contributed by atoms with E-state index in [4.69, 9.17) is 18.9 Å². The number of methoxy groups -OCH3 is 1. The molecule has 142 valence electrons. The van der Waals surface area contributed by atoms with E-state index >= 15 is 0 Å². The molecule has 2 aliphatic rings. The van der Waals surface area contributed by atoms with Crippen LogP contribution < -0.4 is 14.2 Å². The molecule has 0 radical (unpaired) electrons. The fourth-order valence-electron chi connectivity index (χ4n) is 3.44. The number of amides is 1. The highest BCUT2D eigenvalue weighted by Crippen LogP contribution is 2.40. The molecule has 7 nitrogen and oxygen atoms in total. The maximum absolute atomic E-state index is 12.4. The molecule has 1 saturated heterocycles. The summed E-state index contributed by atoms with van der Waals surface area (Å²) in [6.07, 6.45) is 4.06. The van der Waals surface area contributed by atoms with Crippen molar-refractivity contribution in [3.05, 3.63) is 17.7 Å². The molecule has 1 aromatic carbocycles. The second-order valence-electron chi connectivity index (χ2n) is 6.42. The van der Waals surface area contributed by atoms with E-state index in [1.54, 1.807) is 6.07 Å². The van der Waals surface area contributed by atoms with E-state index in [-0.39, 0.29) is 24.1 Å². The predicted octanol–water partition coefficient (Wildman–Crippen LogP) is 2.41. The van der Waals surface area contributed by atoms with Crippen molar-refractivity contribution >= 4 is 11.9 Å². The Morgan fingerprint density at radius 1 is 1.23 bits per heavy atom. The van der Waals surface area contributed by atoms with E-state index in [0.29, 0.717) is 30.5 Å². The van der Waals surface area contributed by atoms with Crippen LogP contribution in [0.5, 0.6) is 17.2 Å². The van der Waals surface area contributed by atoms with Crippen LogP contribution >= 0.6 is 0 Å². The molecule has 1 amide bonds. The lowest BCUT2D eigenvalue weighted by molar-refractivity contribution is -0.138. The van der Waals surface area contributed by atoms with Gasteiger partial charge in [-0.2, -0.15) is 0 Å². The van der Waals surface area contributed by atoms with E-state index in [1.165, 1.54) is 13.2 Å². The van der Waals surface area contributed by atoms with E-state index in [0.717, 1.165) is 32.2 Å². The van der Waals surface area contributed by atoms with Crippen LogP contribution in [0.4, 0.5) is 0 Å². The number of piperidine rings is 1. The first-order chi connectivity index (χ1) is 12.6. The van der Waals surface area contributed by atoms with E-state index < -0.39 is 5.97 Å². The topological polar surface area (TPSA) is 74.3 Å². The molecule has 1 fully saturated rings. The van der Waals surface area contributed by atoms with Gasteiger partial charge in [-0.25, -0.2) is 4.79 Å². The first-order valence-corrected chi connectivity index (χ1v) is 9.08. The number of ether oxygens (including phenoxy) is 4. The number of likely N-dealkylation sites (tertiary alicyclic amines) is 1. The third kappa shape index (κ3) is 3.86. The number of nitrogens with zero attached hydrogens (tertiary/aromatic N) is 1. The van der Waals surface area contributed by atoms with Crippen molar-refractivity contribution in [1.82, 2.24) is 4.90 Å². The lowest BCUT2D eigenvalue weighted by atomic mass is 10.00. The summed E-state index contributed by atoms with van der Waals surface area (Å²) in [5, 5.41) is 0. The summed E-state index contributed by atoms with van der Waals surface area (Å²) in [5.41, 5.74) is 0.268. The molecule has 0 spiro atoms. The number of carbonyl (C=O) groups excluding carboxylic acids is 2. The number of hydrogen-bond acceptors (Lipinski definition) is 6. The molecule has 7 heteroatoms. The Morgan fingerprint density at radius 2 is 2.04 bits per heavy atom. The van der Waals surface area contributed by atoms with Gasteiger partial charge < -0.3 is 23.8 Å². The second kappa shape index (κ2) is 8.29. The number of hydrogen-bond donors (Lipinski definition) is 0. The normalized spacial score (nSPS) is 19.0. The van der Waals surface area contributed by atoms with E-state index in [9.17, 15) is 9.59 Å². The second-order valence-corrected chi connectivity index (χ2v) is 6.42. The Hall–Kier alpha value is -2.44. The zero-order valence-corrected chi connectivity index (χ0v) is 15.3. The van der Waals surface area contributed by atoms with Crippen molar-refractivity contribution in [3.63, 3.8) is 0 Å². The van der Waals surface area contributed by atoms with Gasteiger partial charge in [-0.15, -0.1) is 0 Å². The van der Waals surface area contributed by atoms with Gasteiger partial charge in [0.15, 0.2) is 18.1 Å². The highest BCUT2D eigenvalue weighted by Gasteiger charge is 2.27. The van der Waals surface area contributed by atoms with Gasteiger partial charge in [0.05, 0.1) is 12.7 Å². The molecule has 0 unspecified atom stereocenters. The van der Waals surface area contributed by atoms with Crippen molar-refractivity contribution in [2.75, 3.05) is 33.5 Å². The minimum Gasteiger partial charge on any atom is -0.493 e. The largest absolute Gasteiger partial charge is 0.493 e. The summed E-state index contributed by atoms with van der Waals surface area (Å²) in [6.45, 7) is 3.37. The third-order valence-corrected chi connectivity index (χ3v) is 4.81. The van der Waals surface area contributed by atoms with Crippen molar-refractivity contribution < 1.29 is 28.5 Å². The van der Waals surface area contributed by atoms with Gasteiger partial charge in [0, 0.05) is 12.6 Å². The summed E-state index contributed by atoms with van der Waals surface area (Å²) in [7, 11) is 1.49. The molecular formula is C19H25NO6. The molecular weight excluding hydrogens is 338 g/mol. The van der Waals surface area contributed by atoms with E-state index in [1.807, 2.05) is 4.90 Å². The molecule has 0 bridgehead atoms. The SMILES string of the molecule is CC[C@@H]1CCCCN1C(=O)COC(=O)c1cc(OC)c2c(c1)OCCO2. The molecule has 1 atom stereocenters. The number of esters is 1. The van der Waals surface area contributed by atoms with Crippen LogP contribution in [0.3, 0.4) is 0 Å². The quantitative estimate of drug-likeness (QED) is 0.748. The maximum atomic E-state index is 12.4. The summed E-state index contributed by atoms with van der Waals surface area (Å²) >= 11 is 0. The molecule has 2 aliphatic heterocycles. The van der Waals surface area contributed by atoms with Gasteiger partial charge in [-0.05, 0) is 37.8 Å². The number of carbonyl (C=O) groups is 2. The van der Waals surface area contributed by atoms with Crippen molar-refractivity contribution in [3.8, 4) is 17.2 Å². The Kier molecular flexibility index (Phi) is 5.85. The predicted molar refractivity (Wildman–Crippen MR) is 93.9 cm³/mol. The van der Waals surface area contributed by atoms with Gasteiger partial charge in [-0.1, -0.05) is 6.92 Å². The zero-order valence-electron chi connectivity index (χ0n) is 15.3. The Balaban J connectivity index is 1.65. The van der Waals surface area contributed by atoms with Crippen LogP contribution in [0.1, 0.15) is 43.0 Å². The van der Waals surface area contributed by atoms with Gasteiger partial charge in [-0.3, -0.25) is 4.79 Å². The lowest BCUT2D eigenvalue weighted by Gasteiger charge is -2.35. The standard InChI is InChI=1S/C19H25NO6/c1-3-14-6-4-5-7-20(14)17(21)12-26-19(22)13-10-15(23-2)18-16(11-13)24-8-9-25-18/h10-11,14H,3-9,12H2,1-2H3/t14-/m1/s1. The third-order valence-electron chi connectivity index (χ3n) is 4.81. The summed E-state index contributed by atoms with van der Waals surface area (Å²) in [6, 6.07) is 3.33. The first-order valence-electron chi connectivity index (χ1n) is 9.08. The molecule has 2 heterocycles. The van der Waals surface area contributed by atoms with Crippen LogP contribution in [-0.4, -0.2) is 56.3 Å². The van der Waals surface area contributed by atoms with Crippen LogP contribution in [-0.2, 0) is 9.53 Å². The van der Waals surface area contributed by atoms with Crippen molar-refractivity contribution in [1.29, 1.82) is 0 Å². The van der Waals surface area contributed by atoms with Gasteiger partial charge in [0.25, 0.3) is 5.91 Å². The summed E-state index contributed by atoms with van der Waals surface area (Å²) in [4.78, 5) is 26.7. The minimum atomic E-state index is -0.585. The van der Waals surface area contributed by atoms with Gasteiger partial charge in [0.2, 0.25) is 5.75 Å². The molecule has 0 N–H and O–H groups in total. The average molecular weight is 363 g/mol. The van der Waals surface area contributed by atoms with Crippen molar-refractivity contribution in [2.45, 2.75) is 38.6 Å². The molecule has 0 aromatic heterocycles. The highest BCUT2D eigenvalue weighted by atomic mass is 16.6. The fourth-order valence-corrected chi connectivity index (χ4v) is 3.44.